The number of methoxy groups -OCH3 is 1. The maximum Gasteiger partial charge on any atom is 0.123 e. The van der Waals surface area contributed by atoms with Crippen molar-refractivity contribution in [3.05, 3.63) is 29.8 Å². The Hall–Kier alpha value is -1.14. The summed E-state index contributed by atoms with van der Waals surface area (Å²) in [5, 5.41) is 3.44. The van der Waals surface area contributed by atoms with E-state index >= 15 is 0 Å². The summed E-state index contributed by atoms with van der Waals surface area (Å²) in [5.41, 5.74) is 1.28. The van der Waals surface area contributed by atoms with Gasteiger partial charge in [-0.15, -0.1) is 0 Å². The zero-order valence-electron chi connectivity index (χ0n) is 14.2. The number of nitrogens with zero attached hydrogens (tertiary/aromatic N) is 2. The number of benzene rings is 1. The predicted molar refractivity (Wildman–Crippen MR) is 91.9 cm³/mol. The molecular weight excluding hydrogens is 290 g/mol. The number of nitrogens with one attached hydrogen (secondary N) is 1. The lowest BCUT2D eigenvalue weighted by molar-refractivity contribution is 0.144. The van der Waals surface area contributed by atoms with Gasteiger partial charge in [-0.3, -0.25) is 9.80 Å². The molecule has 0 saturated carbocycles. The Balaban J connectivity index is 1.53. The Morgan fingerprint density at radius 3 is 2.78 bits per heavy atom. The Morgan fingerprint density at radius 1 is 1.13 bits per heavy atom. The number of piperazine rings is 1. The highest BCUT2D eigenvalue weighted by Gasteiger charge is 2.28. The zero-order valence-corrected chi connectivity index (χ0v) is 14.2. The Kier molecular flexibility index (Phi) is 6.28. The second kappa shape index (κ2) is 8.64. The van der Waals surface area contributed by atoms with E-state index in [2.05, 4.69) is 33.3 Å². The second-order valence-electron chi connectivity index (χ2n) is 6.41. The van der Waals surface area contributed by atoms with E-state index in [-0.39, 0.29) is 0 Å². The molecule has 5 heteroatoms. The molecule has 0 spiro atoms. The molecule has 0 bridgehead atoms. The predicted octanol–water partition coefficient (Wildman–Crippen LogP) is 1.19. The average molecular weight is 319 g/mol. The van der Waals surface area contributed by atoms with Crippen molar-refractivity contribution in [2.45, 2.75) is 19.0 Å². The largest absolute Gasteiger partial charge is 0.491 e. The van der Waals surface area contributed by atoms with Crippen LogP contribution in [0.25, 0.3) is 0 Å². The second-order valence-corrected chi connectivity index (χ2v) is 6.41. The number of hydrogen-bond donors (Lipinski definition) is 1. The number of hydrogen-bond acceptors (Lipinski definition) is 5. The van der Waals surface area contributed by atoms with E-state index in [1.165, 1.54) is 38.2 Å². The van der Waals surface area contributed by atoms with Crippen molar-refractivity contribution in [3.8, 4) is 5.75 Å². The monoisotopic (exact) mass is 319 g/mol. The minimum Gasteiger partial charge on any atom is -0.491 e. The Bertz CT molecular complexity index is 477. The van der Waals surface area contributed by atoms with Gasteiger partial charge in [0.15, 0.2) is 0 Å². The third kappa shape index (κ3) is 4.67. The molecule has 0 radical (unpaired) electrons. The lowest BCUT2D eigenvalue weighted by atomic mass is 10.2. The summed E-state index contributed by atoms with van der Waals surface area (Å²) in [5.74, 6) is 0.996. The number of likely N-dealkylation sites (tertiary alicyclic amines) is 1. The number of para-hydroxylation sites is 1. The van der Waals surface area contributed by atoms with Crippen molar-refractivity contribution in [1.82, 2.24) is 15.1 Å². The first kappa shape index (κ1) is 16.7. The van der Waals surface area contributed by atoms with Gasteiger partial charge in [0.2, 0.25) is 0 Å². The van der Waals surface area contributed by atoms with Gasteiger partial charge in [-0.1, -0.05) is 18.2 Å². The SMILES string of the molecule is COCCOc1ccccc1CN1CCC(N2CCNCC2)C1. The highest BCUT2D eigenvalue weighted by molar-refractivity contribution is 5.33. The summed E-state index contributed by atoms with van der Waals surface area (Å²) in [6.07, 6.45) is 1.28. The third-order valence-electron chi connectivity index (χ3n) is 4.83. The molecule has 1 atom stereocenters. The lowest BCUT2D eigenvalue weighted by Crippen LogP contribution is -2.49. The molecule has 0 amide bonds. The molecule has 1 N–H and O–H groups in total. The van der Waals surface area contributed by atoms with Crippen molar-refractivity contribution in [2.24, 2.45) is 0 Å². The van der Waals surface area contributed by atoms with Gasteiger partial charge < -0.3 is 14.8 Å². The van der Waals surface area contributed by atoms with Gasteiger partial charge in [-0.25, -0.2) is 0 Å². The van der Waals surface area contributed by atoms with Crippen LogP contribution in [-0.2, 0) is 11.3 Å². The molecule has 2 saturated heterocycles. The van der Waals surface area contributed by atoms with Crippen molar-refractivity contribution in [1.29, 1.82) is 0 Å². The van der Waals surface area contributed by atoms with E-state index in [4.69, 9.17) is 9.47 Å². The van der Waals surface area contributed by atoms with Crippen LogP contribution in [0.1, 0.15) is 12.0 Å². The van der Waals surface area contributed by atoms with Crippen molar-refractivity contribution in [3.63, 3.8) is 0 Å². The van der Waals surface area contributed by atoms with Gasteiger partial charge in [0.1, 0.15) is 12.4 Å². The maximum atomic E-state index is 5.86. The summed E-state index contributed by atoms with van der Waals surface area (Å²) in [4.78, 5) is 5.21. The molecule has 3 rings (SSSR count). The van der Waals surface area contributed by atoms with Crippen LogP contribution >= 0.6 is 0 Å². The van der Waals surface area contributed by atoms with Crippen LogP contribution in [0.5, 0.6) is 5.75 Å². The number of rotatable bonds is 7. The summed E-state index contributed by atoms with van der Waals surface area (Å²) in [6, 6.07) is 9.11. The normalized spacial score (nSPS) is 23.3. The topological polar surface area (TPSA) is 37.0 Å². The molecule has 23 heavy (non-hydrogen) atoms. The molecule has 2 fully saturated rings. The van der Waals surface area contributed by atoms with Gasteiger partial charge in [-0.2, -0.15) is 0 Å². The first-order chi connectivity index (χ1) is 11.4. The van der Waals surface area contributed by atoms with E-state index in [0.29, 0.717) is 13.2 Å². The van der Waals surface area contributed by atoms with E-state index in [1.54, 1.807) is 7.11 Å². The smallest absolute Gasteiger partial charge is 0.123 e. The van der Waals surface area contributed by atoms with Crippen molar-refractivity contribution < 1.29 is 9.47 Å². The summed E-state index contributed by atoms with van der Waals surface area (Å²) in [6.45, 7) is 9.21. The van der Waals surface area contributed by atoms with E-state index in [0.717, 1.165) is 31.4 Å². The molecule has 2 aliphatic heterocycles. The Morgan fingerprint density at radius 2 is 1.96 bits per heavy atom. The maximum absolute atomic E-state index is 5.86. The summed E-state index contributed by atoms with van der Waals surface area (Å²) in [7, 11) is 1.70. The fourth-order valence-electron chi connectivity index (χ4n) is 3.55. The van der Waals surface area contributed by atoms with Crippen LogP contribution in [0, 0.1) is 0 Å². The average Bonchev–Trinajstić information content (AvgIpc) is 3.06. The van der Waals surface area contributed by atoms with E-state index < -0.39 is 0 Å². The molecule has 1 aromatic rings. The van der Waals surface area contributed by atoms with Crippen LogP contribution in [0.3, 0.4) is 0 Å². The van der Waals surface area contributed by atoms with Gasteiger partial charge in [0.05, 0.1) is 6.61 Å². The minimum absolute atomic E-state index is 0.608. The third-order valence-corrected chi connectivity index (χ3v) is 4.83. The summed E-state index contributed by atoms with van der Waals surface area (Å²) >= 11 is 0. The van der Waals surface area contributed by atoms with Gasteiger partial charge in [0, 0.05) is 64.5 Å². The van der Waals surface area contributed by atoms with Crippen molar-refractivity contribution >= 4 is 0 Å². The highest BCUT2D eigenvalue weighted by atomic mass is 16.5. The molecule has 0 aromatic heterocycles. The standard InChI is InChI=1S/C18H29N3O2/c1-22-12-13-23-18-5-3-2-4-16(18)14-20-9-6-17(15-20)21-10-7-19-8-11-21/h2-5,17,19H,6-15H2,1H3. The fourth-order valence-corrected chi connectivity index (χ4v) is 3.55. The highest BCUT2D eigenvalue weighted by Crippen LogP contribution is 2.23. The molecule has 2 aliphatic rings. The molecule has 1 unspecified atom stereocenters. The molecule has 5 nitrogen and oxygen atoms in total. The molecule has 1 aromatic carbocycles. The van der Waals surface area contributed by atoms with Gasteiger partial charge >= 0.3 is 0 Å². The Labute approximate surface area is 139 Å². The van der Waals surface area contributed by atoms with E-state index in [1.807, 2.05) is 6.07 Å². The van der Waals surface area contributed by atoms with Crippen molar-refractivity contribution in [2.75, 3.05) is 59.6 Å². The van der Waals surface area contributed by atoms with Crippen LogP contribution in [0.4, 0.5) is 0 Å². The molecule has 2 heterocycles. The fraction of sp³-hybridized carbons (Fsp3) is 0.667. The van der Waals surface area contributed by atoms with Crippen LogP contribution in [0.2, 0.25) is 0 Å². The van der Waals surface area contributed by atoms with Crippen LogP contribution < -0.4 is 10.1 Å². The van der Waals surface area contributed by atoms with Gasteiger partial charge in [-0.05, 0) is 12.5 Å². The number of ether oxygens (including phenoxy) is 2. The lowest BCUT2D eigenvalue weighted by Gasteiger charge is -2.32. The molecule has 128 valence electrons. The van der Waals surface area contributed by atoms with Gasteiger partial charge in [0.25, 0.3) is 0 Å². The minimum atomic E-state index is 0.608. The summed E-state index contributed by atoms with van der Waals surface area (Å²) < 4.78 is 10.9. The van der Waals surface area contributed by atoms with Crippen LogP contribution in [-0.4, -0.2) is 75.4 Å². The van der Waals surface area contributed by atoms with E-state index in [9.17, 15) is 0 Å². The quantitative estimate of drug-likeness (QED) is 0.764. The first-order valence-electron chi connectivity index (χ1n) is 8.73. The van der Waals surface area contributed by atoms with Crippen LogP contribution in [0.15, 0.2) is 24.3 Å². The molecular formula is C18H29N3O2. The molecule has 0 aliphatic carbocycles. The zero-order chi connectivity index (χ0) is 15.9. The first-order valence-corrected chi connectivity index (χ1v) is 8.73.